The molecule has 0 aromatic carbocycles. The maximum atomic E-state index is 2.37. The van der Waals surface area contributed by atoms with Crippen LogP contribution in [0.15, 0.2) is 12.2 Å². The first-order valence-electron chi connectivity index (χ1n) is 5.45. The molecule has 0 aliphatic heterocycles. The first kappa shape index (κ1) is 11.7. The zero-order chi connectivity index (χ0) is 9.40. The monoisotopic (exact) mass is 168 g/mol. The van der Waals surface area contributed by atoms with Gasteiger partial charge in [-0.05, 0) is 31.6 Å². The van der Waals surface area contributed by atoms with Gasteiger partial charge in [0.2, 0.25) is 0 Å². The van der Waals surface area contributed by atoms with E-state index in [1.54, 1.807) is 0 Å². The molecule has 0 nitrogen and oxygen atoms in total. The topological polar surface area (TPSA) is 0 Å². The molecule has 0 heterocycles. The van der Waals surface area contributed by atoms with Crippen molar-refractivity contribution in [2.24, 2.45) is 11.8 Å². The summed E-state index contributed by atoms with van der Waals surface area (Å²) in [6.07, 6.45) is 10.3. The summed E-state index contributed by atoms with van der Waals surface area (Å²) in [5.74, 6) is 1.86. The molecule has 0 N–H and O–H groups in total. The van der Waals surface area contributed by atoms with Gasteiger partial charge in [-0.3, -0.25) is 0 Å². The summed E-state index contributed by atoms with van der Waals surface area (Å²) in [4.78, 5) is 0. The molecule has 1 aliphatic carbocycles. The summed E-state index contributed by atoms with van der Waals surface area (Å²) in [7, 11) is 0. The van der Waals surface area contributed by atoms with Crippen molar-refractivity contribution in [1.29, 1.82) is 0 Å². The van der Waals surface area contributed by atoms with Crippen LogP contribution in [0.4, 0.5) is 0 Å². The Hall–Kier alpha value is -0.260. The summed E-state index contributed by atoms with van der Waals surface area (Å²) in [6.45, 7) is 8.49. The van der Waals surface area contributed by atoms with Crippen LogP contribution in [-0.4, -0.2) is 0 Å². The van der Waals surface area contributed by atoms with Crippen LogP contribution in [-0.2, 0) is 0 Å². The summed E-state index contributed by atoms with van der Waals surface area (Å²) in [5.41, 5.74) is 0. The third-order valence-electron chi connectivity index (χ3n) is 2.44. The fourth-order valence-electron chi connectivity index (χ4n) is 1.93. The Morgan fingerprint density at radius 1 is 1.17 bits per heavy atom. The molecule has 0 aromatic heterocycles. The second-order valence-electron chi connectivity index (χ2n) is 3.56. The van der Waals surface area contributed by atoms with Crippen molar-refractivity contribution in [3.63, 3.8) is 0 Å². The van der Waals surface area contributed by atoms with E-state index in [1.165, 1.54) is 25.7 Å². The van der Waals surface area contributed by atoms with E-state index in [-0.39, 0.29) is 0 Å². The van der Waals surface area contributed by atoms with Crippen LogP contribution in [0.1, 0.15) is 53.4 Å². The average molecular weight is 168 g/mol. The zero-order valence-corrected chi connectivity index (χ0v) is 9.14. The lowest BCUT2D eigenvalue weighted by atomic mass is 9.82. The van der Waals surface area contributed by atoms with Crippen LogP contribution in [0, 0.1) is 11.8 Å². The highest BCUT2D eigenvalue weighted by Gasteiger charge is 2.15. The first-order valence-corrected chi connectivity index (χ1v) is 5.45. The van der Waals surface area contributed by atoms with Crippen molar-refractivity contribution >= 4 is 0 Å². The molecule has 2 unspecified atom stereocenters. The molecule has 0 amide bonds. The van der Waals surface area contributed by atoms with Gasteiger partial charge in [-0.15, -0.1) is 0 Å². The van der Waals surface area contributed by atoms with Gasteiger partial charge in [-0.1, -0.05) is 45.8 Å². The molecule has 72 valence electrons. The lowest BCUT2D eigenvalue weighted by Crippen LogP contribution is -2.10. The van der Waals surface area contributed by atoms with Gasteiger partial charge < -0.3 is 0 Å². The summed E-state index contributed by atoms with van der Waals surface area (Å²) in [5, 5.41) is 0. The second kappa shape index (κ2) is 7.39. The quantitative estimate of drug-likeness (QED) is 0.509. The van der Waals surface area contributed by atoms with Gasteiger partial charge in [-0.2, -0.15) is 0 Å². The molecule has 0 heteroatoms. The summed E-state index contributed by atoms with van der Waals surface area (Å²) >= 11 is 0. The highest BCUT2D eigenvalue weighted by atomic mass is 14.2. The van der Waals surface area contributed by atoms with Crippen molar-refractivity contribution in [2.75, 3.05) is 0 Å². The van der Waals surface area contributed by atoms with Crippen molar-refractivity contribution in [3.05, 3.63) is 12.2 Å². The van der Waals surface area contributed by atoms with E-state index >= 15 is 0 Å². The van der Waals surface area contributed by atoms with Crippen LogP contribution < -0.4 is 0 Å². The Labute approximate surface area is 78.1 Å². The van der Waals surface area contributed by atoms with E-state index in [0.29, 0.717) is 0 Å². The number of rotatable bonds is 1. The fraction of sp³-hybridized carbons (Fsp3) is 0.833. The predicted molar refractivity (Wildman–Crippen MR) is 57.3 cm³/mol. The Morgan fingerprint density at radius 3 is 2.33 bits per heavy atom. The summed E-state index contributed by atoms with van der Waals surface area (Å²) < 4.78 is 0. The SMILES string of the molecule is C/C=C\C1CCCC(C)C1.CC. The van der Waals surface area contributed by atoms with E-state index in [0.717, 1.165) is 11.8 Å². The van der Waals surface area contributed by atoms with Gasteiger partial charge in [0.25, 0.3) is 0 Å². The zero-order valence-electron chi connectivity index (χ0n) is 9.14. The second-order valence-corrected chi connectivity index (χ2v) is 3.56. The normalized spacial score (nSPS) is 29.7. The minimum atomic E-state index is 0.897. The maximum Gasteiger partial charge on any atom is -0.0231 e. The van der Waals surface area contributed by atoms with Crippen molar-refractivity contribution in [3.8, 4) is 0 Å². The van der Waals surface area contributed by atoms with Crippen LogP contribution in [0.2, 0.25) is 0 Å². The van der Waals surface area contributed by atoms with Crippen LogP contribution >= 0.6 is 0 Å². The van der Waals surface area contributed by atoms with E-state index in [4.69, 9.17) is 0 Å². The minimum absolute atomic E-state index is 0.897. The molecular weight excluding hydrogens is 144 g/mol. The molecule has 0 aromatic rings. The average Bonchev–Trinajstić information content (AvgIpc) is 2.09. The Balaban J connectivity index is 0.000000561. The molecular formula is C12H24. The molecule has 1 rings (SSSR count). The van der Waals surface area contributed by atoms with Gasteiger partial charge in [0, 0.05) is 0 Å². The van der Waals surface area contributed by atoms with Crippen molar-refractivity contribution in [1.82, 2.24) is 0 Å². The van der Waals surface area contributed by atoms with E-state index in [9.17, 15) is 0 Å². The van der Waals surface area contributed by atoms with Gasteiger partial charge >= 0.3 is 0 Å². The highest BCUT2D eigenvalue weighted by Crippen LogP contribution is 2.29. The lowest BCUT2D eigenvalue weighted by molar-refractivity contribution is 0.325. The van der Waals surface area contributed by atoms with Crippen LogP contribution in [0.3, 0.4) is 0 Å². The molecule has 2 atom stereocenters. The molecule has 1 aliphatic rings. The number of hydrogen-bond donors (Lipinski definition) is 0. The lowest BCUT2D eigenvalue weighted by Gasteiger charge is -2.23. The van der Waals surface area contributed by atoms with Crippen molar-refractivity contribution in [2.45, 2.75) is 53.4 Å². The molecule has 1 fully saturated rings. The molecule has 12 heavy (non-hydrogen) atoms. The maximum absolute atomic E-state index is 2.37. The predicted octanol–water partition coefficient (Wildman–Crippen LogP) is 4.42. The van der Waals surface area contributed by atoms with Gasteiger partial charge in [0.05, 0.1) is 0 Å². The minimum Gasteiger partial charge on any atom is -0.0914 e. The molecule has 0 spiro atoms. The fourth-order valence-corrected chi connectivity index (χ4v) is 1.93. The Morgan fingerprint density at radius 2 is 1.83 bits per heavy atom. The standard InChI is InChI=1S/C10H18.C2H6/c1-3-5-10-7-4-6-9(2)8-10;1-2/h3,5,9-10H,4,6-8H2,1-2H3;1-2H3/b5-3-;. The van der Waals surface area contributed by atoms with E-state index in [1.807, 2.05) is 13.8 Å². The van der Waals surface area contributed by atoms with E-state index in [2.05, 4.69) is 26.0 Å². The smallest absolute Gasteiger partial charge is 0.0231 e. The Bertz CT molecular complexity index is 113. The number of allylic oxidation sites excluding steroid dienone is 2. The van der Waals surface area contributed by atoms with Crippen LogP contribution in [0.25, 0.3) is 0 Å². The molecule has 0 radical (unpaired) electrons. The third kappa shape index (κ3) is 4.58. The van der Waals surface area contributed by atoms with Gasteiger partial charge in [0.1, 0.15) is 0 Å². The molecule has 0 saturated heterocycles. The van der Waals surface area contributed by atoms with E-state index < -0.39 is 0 Å². The summed E-state index contributed by atoms with van der Waals surface area (Å²) in [6, 6.07) is 0. The largest absolute Gasteiger partial charge is 0.0914 e. The molecule has 0 bridgehead atoms. The van der Waals surface area contributed by atoms with Crippen molar-refractivity contribution < 1.29 is 0 Å². The third-order valence-corrected chi connectivity index (χ3v) is 2.44. The first-order chi connectivity index (χ1) is 5.83. The van der Waals surface area contributed by atoms with Crippen LogP contribution in [0.5, 0.6) is 0 Å². The van der Waals surface area contributed by atoms with Gasteiger partial charge in [0.15, 0.2) is 0 Å². The molecule has 1 saturated carbocycles. The number of hydrogen-bond acceptors (Lipinski definition) is 0. The Kier molecular flexibility index (Phi) is 7.23. The van der Waals surface area contributed by atoms with Gasteiger partial charge in [-0.25, -0.2) is 0 Å². The highest BCUT2D eigenvalue weighted by molar-refractivity contribution is 4.88.